The zero-order chi connectivity index (χ0) is 18.0. The molecule has 1 heterocycles. The van der Waals surface area contributed by atoms with Crippen molar-refractivity contribution in [3.63, 3.8) is 0 Å². The number of hydrogen-bond acceptors (Lipinski definition) is 4. The Labute approximate surface area is 148 Å². The molecule has 0 unspecified atom stereocenters. The maximum Gasteiger partial charge on any atom is 0.254 e. The Morgan fingerprint density at radius 1 is 1.08 bits per heavy atom. The predicted molar refractivity (Wildman–Crippen MR) is 95.6 cm³/mol. The van der Waals surface area contributed by atoms with Crippen LogP contribution >= 0.6 is 0 Å². The van der Waals surface area contributed by atoms with Gasteiger partial charge in [0.2, 0.25) is 0 Å². The van der Waals surface area contributed by atoms with Crippen LogP contribution in [0.4, 0.5) is 0 Å². The molecule has 1 saturated heterocycles. The summed E-state index contributed by atoms with van der Waals surface area (Å²) < 4.78 is 28.3. The summed E-state index contributed by atoms with van der Waals surface area (Å²) >= 11 is 0. The van der Waals surface area contributed by atoms with Crippen LogP contribution in [0.25, 0.3) is 0 Å². The first-order chi connectivity index (χ1) is 11.9. The van der Waals surface area contributed by atoms with Crippen molar-refractivity contribution < 1.29 is 17.9 Å². The number of methoxy groups -OCH3 is 1. The molecule has 0 aromatic heterocycles. The van der Waals surface area contributed by atoms with Gasteiger partial charge in [0.05, 0.1) is 18.0 Å². The molecule has 2 aromatic carbocycles. The van der Waals surface area contributed by atoms with Gasteiger partial charge in [-0.05, 0) is 54.8 Å². The van der Waals surface area contributed by atoms with Crippen molar-refractivity contribution in [3.05, 3.63) is 59.7 Å². The van der Waals surface area contributed by atoms with Crippen molar-refractivity contribution >= 4 is 15.7 Å². The van der Waals surface area contributed by atoms with E-state index >= 15 is 0 Å². The summed E-state index contributed by atoms with van der Waals surface area (Å²) in [6.07, 6.45) is 3.02. The Kier molecular flexibility index (Phi) is 4.81. The van der Waals surface area contributed by atoms with E-state index in [2.05, 4.69) is 0 Å². The van der Waals surface area contributed by atoms with E-state index in [1.807, 2.05) is 29.2 Å². The van der Waals surface area contributed by atoms with Crippen LogP contribution in [0.15, 0.2) is 53.4 Å². The number of benzene rings is 2. The van der Waals surface area contributed by atoms with E-state index in [9.17, 15) is 13.2 Å². The molecule has 0 aliphatic carbocycles. The molecule has 1 aliphatic heterocycles. The highest BCUT2D eigenvalue weighted by Gasteiger charge is 2.30. The smallest absolute Gasteiger partial charge is 0.254 e. The van der Waals surface area contributed by atoms with Gasteiger partial charge >= 0.3 is 0 Å². The van der Waals surface area contributed by atoms with Crippen LogP contribution in [0.5, 0.6) is 5.75 Å². The van der Waals surface area contributed by atoms with Crippen molar-refractivity contribution in [2.24, 2.45) is 0 Å². The average molecular weight is 359 g/mol. The molecule has 0 saturated carbocycles. The first-order valence-corrected chi connectivity index (χ1v) is 10.0. The summed E-state index contributed by atoms with van der Waals surface area (Å²) in [5.74, 6) is 0.717. The van der Waals surface area contributed by atoms with Gasteiger partial charge in [-0.2, -0.15) is 0 Å². The fraction of sp³-hybridized carbons (Fsp3) is 0.316. The first-order valence-electron chi connectivity index (χ1n) is 8.15. The number of ether oxygens (including phenoxy) is 1. The first kappa shape index (κ1) is 17.5. The summed E-state index contributed by atoms with van der Waals surface area (Å²) in [7, 11) is -1.64. The third-order valence-electron chi connectivity index (χ3n) is 4.54. The molecule has 1 amide bonds. The molecule has 0 spiro atoms. The highest BCUT2D eigenvalue weighted by atomic mass is 32.2. The second-order valence-corrected chi connectivity index (χ2v) is 8.24. The normalized spacial score (nSPS) is 17.5. The molecular formula is C19H21NO4S. The van der Waals surface area contributed by atoms with Crippen molar-refractivity contribution in [2.45, 2.75) is 23.8 Å². The van der Waals surface area contributed by atoms with Crippen molar-refractivity contribution in [1.29, 1.82) is 0 Å². The number of carbonyl (C=O) groups is 1. The Balaban J connectivity index is 1.82. The monoisotopic (exact) mass is 359 g/mol. The van der Waals surface area contributed by atoms with Gasteiger partial charge in [-0.15, -0.1) is 0 Å². The lowest BCUT2D eigenvalue weighted by molar-refractivity contribution is 0.0735. The van der Waals surface area contributed by atoms with Crippen LogP contribution in [0.2, 0.25) is 0 Å². The van der Waals surface area contributed by atoms with E-state index in [-0.39, 0.29) is 16.8 Å². The Morgan fingerprint density at radius 2 is 1.72 bits per heavy atom. The Morgan fingerprint density at radius 3 is 2.28 bits per heavy atom. The van der Waals surface area contributed by atoms with Gasteiger partial charge in [0.25, 0.3) is 5.91 Å². The molecule has 0 radical (unpaired) electrons. The molecule has 5 nitrogen and oxygen atoms in total. The number of sulfone groups is 1. The van der Waals surface area contributed by atoms with Gasteiger partial charge in [-0.3, -0.25) is 4.79 Å². The lowest BCUT2D eigenvalue weighted by Gasteiger charge is -2.25. The van der Waals surface area contributed by atoms with Gasteiger partial charge in [0, 0.05) is 18.4 Å². The SMILES string of the molecule is COc1ccc([C@@H]2CCCN2C(=O)c2ccc(S(C)(=O)=O)cc2)cc1. The lowest BCUT2D eigenvalue weighted by atomic mass is 10.0. The summed E-state index contributed by atoms with van der Waals surface area (Å²) in [4.78, 5) is 14.9. The summed E-state index contributed by atoms with van der Waals surface area (Å²) in [6, 6.07) is 14.0. The highest BCUT2D eigenvalue weighted by molar-refractivity contribution is 7.90. The van der Waals surface area contributed by atoms with Gasteiger partial charge in [-0.25, -0.2) is 8.42 Å². The van der Waals surface area contributed by atoms with Gasteiger partial charge in [-0.1, -0.05) is 12.1 Å². The summed E-state index contributed by atoms with van der Waals surface area (Å²) in [5.41, 5.74) is 1.59. The molecule has 2 aromatic rings. The van der Waals surface area contributed by atoms with E-state index < -0.39 is 9.84 Å². The zero-order valence-corrected chi connectivity index (χ0v) is 15.1. The fourth-order valence-electron chi connectivity index (χ4n) is 3.19. The van der Waals surface area contributed by atoms with Gasteiger partial charge in [0.1, 0.15) is 5.75 Å². The second kappa shape index (κ2) is 6.88. The van der Waals surface area contributed by atoms with E-state index in [1.165, 1.54) is 12.1 Å². The Bertz CT molecular complexity index is 857. The quantitative estimate of drug-likeness (QED) is 0.842. The van der Waals surface area contributed by atoms with E-state index in [4.69, 9.17) is 4.74 Å². The van der Waals surface area contributed by atoms with E-state index in [1.54, 1.807) is 19.2 Å². The average Bonchev–Trinajstić information content (AvgIpc) is 3.10. The molecule has 132 valence electrons. The summed E-state index contributed by atoms with van der Waals surface area (Å²) in [5, 5.41) is 0. The standard InChI is InChI=1S/C19H21NO4S/c1-24-16-9-5-14(6-10-16)18-4-3-13-20(18)19(21)15-7-11-17(12-8-15)25(2,22)23/h5-12,18H,3-4,13H2,1-2H3/t18-/m0/s1. The van der Waals surface area contributed by atoms with Crippen LogP contribution in [0.1, 0.15) is 34.8 Å². The minimum absolute atomic E-state index is 0.0352. The molecule has 1 fully saturated rings. The van der Waals surface area contributed by atoms with Crippen molar-refractivity contribution in [2.75, 3.05) is 19.9 Å². The minimum atomic E-state index is -3.26. The highest BCUT2D eigenvalue weighted by Crippen LogP contribution is 2.34. The van der Waals surface area contributed by atoms with E-state index in [0.29, 0.717) is 12.1 Å². The molecule has 0 bridgehead atoms. The predicted octanol–water partition coefficient (Wildman–Crippen LogP) is 3.08. The zero-order valence-electron chi connectivity index (χ0n) is 14.3. The minimum Gasteiger partial charge on any atom is -0.497 e. The number of nitrogens with zero attached hydrogens (tertiary/aromatic N) is 1. The van der Waals surface area contributed by atoms with Crippen LogP contribution < -0.4 is 4.74 Å². The number of hydrogen-bond donors (Lipinski definition) is 0. The van der Waals surface area contributed by atoms with Crippen LogP contribution in [-0.4, -0.2) is 39.1 Å². The number of amides is 1. The third-order valence-corrected chi connectivity index (χ3v) is 5.67. The maximum absolute atomic E-state index is 12.9. The number of carbonyl (C=O) groups excluding carboxylic acids is 1. The van der Waals surface area contributed by atoms with Gasteiger partial charge < -0.3 is 9.64 Å². The molecular weight excluding hydrogens is 338 g/mol. The van der Waals surface area contributed by atoms with Crippen LogP contribution in [-0.2, 0) is 9.84 Å². The molecule has 0 N–H and O–H groups in total. The van der Waals surface area contributed by atoms with Crippen LogP contribution in [0, 0.1) is 0 Å². The van der Waals surface area contributed by atoms with E-state index in [0.717, 1.165) is 30.4 Å². The second-order valence-electron chi connectivity index (χ2n) is 6.23. The van der Waals surface area contributed by atoms with Crippen LogP contribution in [0.3, 0.4) is 0 Å². The van der Waals surface area contributed by atoms with Crippen molar-refractivity contribution in [3.8, 4) is 5.75 Å². The molecule has 3 rings (SSSR count). The lowest BCUT2D eigenvalue weighted by Crippen LogP contribution is -2.30. The largest absolute Gasteiger partial charge is 0.497 e. The Hall–Kier alpha value is -2.34. The molecule has 1 atom stereocenters. The fourth-order valence-corrected chi connectivity index (χ4v) is 3.82. The van der Waals surface area contributed by atoms with Gasteiger partial charge in [0.15, 0.2) is 9.84 Å². The summed E-state index contributed by atoms with van der Waals surface area (Å²) in [6.45, 7) is 0.698. The molecule has 6 heteroatoms. The maximum atomic E-state index is 12.9. The number of rotatable bonds is 4. The molecule has 1 aliphatic rings. The third kappa shape index (κ3) is 3.69. The topological polar surface area (TPSA) is 63.7 Å². The van der Waals surface area contributed by atoms with Crippen molar-refractivity contribution in [1.82, 2.24) is 4.90 Å². The molecule has 25 heavy (non-hydrogen) atoms. The number of likely N-dealkylation sites (tertiary alicyclic amines) is 1.